The van der Waals surface area contributed by atoms with Crippen molar-refractivity contribution in [2.45, 2.75) is 32.8 Å². The van der Waals surface area contributed by atoms with Crippen molar-refractivity contribution >= 4 is 46.7 Å². The van der Waals surface area contributed by atoms with E-state index in [2.05, 4.69) is 5.43 Å². The molecule has 0 aliphatic carbocycles. The van der Waals surface area contributed by atoms with E-state index in [1.54, 1.807) is 53.2 Å². The maximum Gasteiger partial charge on any atom is 0.335 e. The largest absolute Gasteiger partial charge is 0.489 e. The van der Waals surface area contributed by atoms with Crippen LogP contribution >= 0.6 is 34.8 Å². The second kappa shape index (κ2) is 12.5. The Morgan fingerprint density at radius 1 is 0.951 bits per heavy atom. The molecule has 1 amide bonds. The monoisotopic (exact) mass is 612 g/mol. The minimum absolute atomic E-state index is 0.205. The second-order valence-corrected chi connectivity index (χ2v) is 11.0. The van der Waals surface area contributed by atoms with Gasteiger partial charge in [-0.2, -0.15) is 5.10 Å². The number of hydrazine groups is 1. The zero-order valence-corrected chi connectivity index (χ0v) is 24.4. The van der Waals surface area contributed by atoms with Gasteiger partial charge in [-0.05, 0) is 67.8 Å². The van der Waals surface area contributed by atoms with Crippen LogP contribution in [0.3, 0.4) is 0 Å². The number of hydrogen-bond donors (Lipinski definition) is 2. The molecule has 8 nitrogen and oxygen atoms in total. The Morgan fingerprint density at radius 3 is 2.34 bits per heavy atom. The number of rotatable bonds is 8. The normalized spacial score (nSPS) is 13.7. The molecule has 11 heteroatoms. The van der Waals surface area contributed by atoms with Gasteiger partial charge < -0.3 is 9.84 Å². The van der Waals surface area contributed by atoms with Gasteiger partial charge in [0.1, 0.15) is 12.4 Å². The van der Waals surface area contributed by atoms with Gasteiger partial charge in [0.2, 0.25) is 0 Å². The lowest BCUT2D eigenvalue weighted by Crippen LogP contribution is -2.45. The Morgan fingerprint density at radius 2 is 1.68 bits per heavy atom. The summed E-state index contributed by atoms with van der Waals surface area (Å²) in [6.07, 6.45) is 3.20. The highest BCUT2D eigenvalue weighted by molar-refractivity contribution is 6.36. The molecule has 1 aliphatic rings. The number of piperidine rings is 1. The summed E-state index contributed by atoms with van der Waals surface area (Å²) in [5.41, 5.74) is 6.71. The van der Waals surface area contributed by atoms with Crippen molar-refractivity contribution in [1.82, 2.24) is 20.2 Å². The average Bonchev–Trinajstić information content (AvgIpc) is 3.29. The van der Waals surface area contributed by atoms with E-state index in [1.165, 1.54) is 12.1 Å². The Balaban J connectivity index is 1.47. The summed E-state index contributed by atoms with van der Waals surface area (Å²) in [6.45, 7) is 3.63. The van der Waals surface area contributed by atoms with Crippen molar-refractivity contribution < 1.29 is 19.4 Å². The van der Waals surface area contributed by atoms with E-state index in [4.69, 9.17) is 49.7 Å². The first-order valence-electron chi connectivity index (χ1n) is 13.1. The van der Waals surface area contributed by atoms with Gasteiger partial charge in [-0.3, -0.25) is 10.2 Å². The molecule has 0 spiro atoms. The number of carboxylic acids is 1. The fourth-order valence-corrected chi connectivity index (χ4v) is 5.49. The van der Waals surface area contributed by atoms with Crippen LogP contribution < -0.4 is 10.2 Å². The number of carbonyl (C=O) groups is 2. The number of ether oxygens (including phenoxy) is 1. The third-order valence-electron chi connectivity index (χ3n) is 6.89. The zero-order chi connectivity index (χ0) is 29.1. The van der Waals surface area contributed by atoms with Crippen molar-refractivity contribution in [2.24, 2.45) is 0 Å². The standard InChI is InChI=1S/C30H27Cl3N4O4/c1-18-27(29(38)35-36-13-3-2-4-14-36)34-37(28(18)23-11-9-21(31)15-24(23)32)26-12-10-22(16-25(26)33)41-17-19-5-7-20(8-6-19)30(39)40/h5-12,15-16H,2-4,13-14,17H2,1H3,(H,35,38)(H,39,40). The van der Waals surface area contributed by atoms with Crippen LogP contribution in [0.2, 0.25) is 15.1 Å². The first-order chi connectivity index (χ1) is 19.7. The molecule has 41 heavy (non-hydrogen) atoms. The van der Waals surface area contributed by atoms with Crippen molar-refractivity contribution in [3.05, 3.63) is 98.1 Å². The molecule has 1 aliphatic heterocycles. The molecule has 3 aromatic carbocycles. The van der Waals surface area contributed by atoms with E-state index in [-0.39, 0.29) is 23.8 Å². The van der Waals surface area contributed by atoms with Gasteiger partial charge in [-0.1, -0.05) is 53.4 Å². The number of benzene rings is 3. The highest BCUT2D eigenvalue weighted by Crippen LogP contribution is 2.37. The van der Waals surface area contributed by atoms with Crippen LogP contribution in [0, 0.1) is 6.92 Å². The Kier molecular flexibility index (Phi) is 8.85. The molecule has 1 fully saturated rings. The molecule has 5 rings (SSSR count). The predicted octanol–water partition coefficient (Wildman–Crippen LogP) is 7.22. The first kappa shape index (κ1) is 29.0. The van der Waals surface area contributed by atoms with Gasteiger partial charge in [0.15, 0.2) is 5.69 Å². The Bertz CT molecular complexity index is 1600. The van der Waals surface area contributed by atoms with Gasteiger partial charge in [0, 0.05) is 35.3 Å². The summed E-state index contributed by atoms with van der Waals surface area (Å²) < 4.78 is 7.51. The van der Waals surface area contributed by atoms with Crippen LogP contribution in [-0.4, -0.2) is 44.9 Å². The van der Waals surface area contributed by atoms with Crippen LogP contribution in [0.25, 0.3) is 16.9 Å². The third kappa shape index (κ3) is 6.52. The van der Waals surface area contributed by atoms with Gasteiger partial charge in [-0.25, -0.2) is 14.5 Å². The lowest BCUT2D eigenvalue weighted by atomic mass is 10.1. The highest BCUT2D eigenvalue weighted by atomic mass is 35.5. The van der Waals surface area contributed by atoms with Crippen molar-refractivity contribution in [1.29, 1.82) is 0 Å². The van der Waals surface area contributed by atoms with Crippen LogP contribution in [0.5, 0.6) is 5.75 Å². The number of aromatic nitrogens is 2. The minimum Gasteiger partial charge on any atom is -0.489 e. The fraction of sp³-hybridized carbons (Fsp3) is 0.233. The fourth-order valence-electron chi connectivity index (χ4n) is 4.75. The number of carboxylic acid groups (broad SMARTS) is 1. The van der Waals surface area contributed by atoms with E-state index in [0.717, 1.165) is 37.9 Å². The third-order valence-corrected chi connectivity index (χ3v) is 7.74. The van der Waals surface area contributed by atoms with Crippen molar-refractivity contribution in [3.8, 4) is 22.7 Å². The number of aromatic carboxylic acids is 1. The molecular weight excluding hydrogens is 587 g/mol. The van der Waals surface area contributed by atoms with Gasteiger partial charge in [0.05, 0.1) is 27.0 Å². The van der Waals surface area contributed by atoms with E-state index in [0.29, 0.717) is 43.3 Å². The first-order valence-corrected chi connectivity index (χ1v) is 14.2. The second-order valence-electron chi connectivity index (χ2n) is 9.75. The zero-order valence-electron chi connectivity index (χ0n) is 22.2. The number of carbonyl (C=O) groups excluding carboxylic acids is 1. The van der Waals surface area contributed by atoms with Crippen LogP contribution in [0.15, 0.2) is 60.7 Å². The van der Waals surface area contributed by atoms with Gasteiger partial charge in [-0.15, -0.1) is 0 Å². The van der Waals surface area contributed by atoms with E-state index >= 15 is 0 Å². The summed E-state index contributed by atoms with van der Waals surface area (Å²) >= 11 is 19.5. The van der Waals surface area contributed by atoms with E-state index in [9.17, 15) is 9.59 Å². The average molecular weight is 614 g/mol. The maximum atomic E-state index is 13.3. The lowest BCUT2D eigenvalue weighted by molar-refractivity contribution is 0.0695. The summed E-state index contributed by atoms with van der Waals surface area (Å²) in [6, 6.07) is 16.8. The highest BCUT2D eigenvalue weighted by Gasteiger charge is 2.26. The van der Waals surface area contributed by atoms with E-state index in [1.807, 2.05) is 11.9 Å². The Hall–Kier alpha value is -3.56. The topological polar surface area (TPSA) is 96.7 Å². The maximum absolute atomic E-state index is 13.3. The molecule has 0 unspecified atom stereocenters. The lowest BCUT2D eigenvalue weighted by Gasteiger charge is -2.26. The number of nitrogens with one attached hydrogen (secondary N) is 1. The molecule has 1 aromatic heterocycles. The minimum atomic E-state index is -0.986. The summed E-state index contributed by atoms with van der Waals surface area (Å²) in [7, 11) is 0. The molecule has 1 saturated heterocycles. The van der Waals surface area contributed by atoms with Crippen LogP contribution in [0.1, 0.15) is 51.2 Å². The summed E-state index contributed by atoms with van der Waals surface area (Å²) in [4.78, 5) is 24.4. The van der Waals surface area contributed by atoms with Gasteiger partial charge >= 0.3 is 5.97 Å². The van der Waals surface area contributed by atoms with Crippen molar-refractivity contribution in [2.75, 3.05) is 13.1 Å². The Labute approximate surface area is 252 Å². The van der Waals surface area contributed by atoms with Crippen LogP contribution in [0.4, 0.5) is 0 Å². The van der Waals surface area contributed by atoms with Crippen molar-refractivity contribution in [3.63, 3.8) is 0 Å². The molecule has 0 saturated carbocycles. The van der Waals surface area contributed by atoms with Crippen LogP contribution in [-0.2, 0) is 6.61 Å². The molecule has 0 atom stereocenters. The molecule has 212 valence electrons. The SMILES string of the molecule is Cc1c(C(=O)NN2CCCCC2)nn(-c2ccc(OCc3ccc(C(=O)O)cc3)cc2Cl)c1-c1ccc(Cl)cc1Cl. The number of hydrogen-bond acceptors (Lipinski definition) is 5. The number of amides is 1. The molecule has 0 radical (unpaired) electrons. The molecule has 2 N–H and O–H groups in total. The summed E-state index contributed by atoms with van der Waals surface area (Å²) in [5, 5.41) is 17.0. The van der Waals surface area contributed by atoms with E-state index < -0.39 is 5.97 Å². The number of halogens is 3. The smallest absolute Gasteiger partial charge is 0.335 e. The number of nitrogens with zero attached hydrogens (tertiary/aromatic N) is 3. The quantitative estimate of drug-likeness (QED) is 0.218. The molecule has 0 bridgehead atoms. The molecular formula is C30H27Cl3N4O4. The predicted molar refractivity (Wildman–Crippen MR) is 159 cm³/mol. The molecule has 4 aromatic rings. The molecule has 2 heterocycles. The van der Waals surface area contributed by atoms with Gasteiger partial charge in [0.25, 0.3) is 5.91 Å². The summed E-state index contributed by atoms with van der Waals surface area (Å²) in [5.74, 6) is -0.779.